The fourth-order valence-electron chi connectivity index (χ4n) is 0.806. The van der Waals surface area contributed by atoms with Crippen LogP contribution >= 0.6 is 0 Å². The lowest BCUT2D eigenvalue weighted by Gasteiger charge is -2.04. The van der Waals surface area contributed by atoms with Crippen molar-refractivity contribution in [2.75, 3.05) is 14.2 Å². The first-order chi connectivity index (χ1) is 10.1. The topological polar surface area (TPSA) is 18.5 Å². The molecule has 5 heteroatoms. The Morgan fingerprint density at radius 1 is 0.909 bits per heavy atom. The van der Waals surface area contributed by atoms with Crippen LogP contribution in [0.1, 0.15) is 13.8 Å². The van der Waals surface area contributed by atoms with Gasteiger partial charge >= 0.3 is 0 Å². The molecule has 0 spiro atoms. The minimum atomic E-state index is -1.20. The van der Waals surface area contributed by atoms with Gasteiger partial charge in [0.05, 0.1) is 14.2 Å². The Balaban J connectivity index is 0. The van der Waals surface area contributed by atoms with E-state index in [2.05, 4.69) is 35.8 Å². The first-order valence-electron chi connectivity index (χ1n) is 6.26. The highest BCUT2D eigenvalue weighted by Crippen LogP contribution is 2.21. The fourth-order valence-corrected chi connectivity index (χ4v) is 0.806. The molecular weight excluding hydrogens is 293 g/mol. The molecule has 0 aromatic carbocycles. The van der Waals surface area contributed by atoms with Gasteiger partial charge in [-0.2, -0.15) is 8.78 Å². The van der Waals surface area contributed by atoms with E-state index in [9.17, 15) is 13.2 Å². The molecule has 0 saturated carbocycles. The van der Waals surface area contributed by atoms with Gasteiger partial charge in [0.2, 0.25) is 11.7 Å². The zero-order valence-corrected chi connectivity index (χ0v) is 13.5. The highest BCUT2D eigenvalue weighted by Gasteiger charge is 2.13. The maximum atomic E-state index is 12.8. The first kappa shape index (κ1) is 22.1. The molecule has 0 fully saturated rings. The van der Waals surface area contributed by atoms with Crippen molar-refractivity contribution in [1.29, 1.82) is 0 Å². The van der Waals surface area contributed by atoms with E-state index in [1.165, 1.54) is 21.1 Å². The van der Waals surface area contributed by atoms with Gasteiger partial charge in [-0.3, -0.25) is 0 Å². The van der Waals surface area contributed by atoms with Gasteiger partial charge in [-0.05, 0) is 19.4 Å². The third-order valence-corrected chi connectivity index (χ3v) is 2.27. The molecule has 0 aliphatic carbocycles. The molecule has 124 valence electrons. The molecule has 0 N–H and O–H groups in total. The summed E-state index contributed by atoms with van der Waals surface area (Å²) in [6.45, 7) is 16.7. The largest absolute Gasteiger partial charge is 0.494 e. The van der Waals surface area contributed by atoms with E-state index < -0.39 is 29.3 Å². The molecule has 22 heavy (non-hydrogen) atoms. The Bertz CT molecular complexity index is 462. The zero-order valence-electron chi connectivity index (χ0n) is 13.5. The Morgan fingerprint density at radius 3 is 1.50 bits per heavy atom. The first-order valence-corrected chi connectivity index (χ1v) is 6.26. The van der Waals surface area contributed by atoms with Crippen LogP contribution in [0.4, 0.5) is 13.2 Å². The summed E-state index contributed by atoms with van der Waals surface area (Å²) in [6.07, 6.45) is 2.43. The number of ether oxygens (including phenoxy) is 2. The van der Waals surface area contributed by atoms with Crippen LogP contribution < -0.4 is 0 Å². The summed E-state index contributed by atoms with van der Waals surface area (Å²) < 4.78 is 46.6. The van der Waals surface area contributed by atoms with Crippen LogP contribution in [0.25, 0.3) is 0 Å². The van der Waals surface area contributed by atoms with Crippen LogP contribution in [0.15, 0.2) is 72.8 Å². The Hall–Kier alpha value is -2.17. The van der Waals surface area contributed by atoms with E-state index in [0.29, 0.717) is 5.57 Å². The van der Waals surface area contributed by atoms with E-state index in [1.807, 2.05) is 6.92 Å². The summed E-state index contributed by atoms with van der Waals surface area (Å²) in [5.41, 5.74) is 1.39. The zero-order chi connectivity index (χ0) is 17.9. The maximum Gasteiger partial charge on any atom is 0.203 e. The summed E-state index contributed by atoms with van der Waals surface area (Å²) in [4.78, 5) is 0. The lowest BCUT2D eigenvalue weighted by Crippen LogP contribution is -1.92. The molecule has 0 heterocycles. The summed E-state index contributed by atoms with van der Waals surface area (Å²) in [7, 11) is 2.37. The molecule has 0 amide bonds. The van der Waals surface area contributed by atoms with Crippen LogP contribution in [-0.2, 0) is 9.47 Å². The van der Waals surface area contributed by atoms with E-state index in [-0.39, 0.29) is 0 Å². The molecule has 0 rings (SSSR count). The third-order valence-electron chi connectivity index (χ3n) is 2.27. The van der Waals surface area contributed by atoms with Crippen LogP contribution in [-0.4, -0.2) is 20.4 Å². The van der Waals surface area contributed by atoms with Crippen molar-refractivity contribution in [3.8, 4) is 0 Å². The quantitative estimate of drug-likeness (QED) is 0.457. The van der Waals surface area contributed by atoms with Crippen molar-refractivity contribution in [2.45, 2.75) is 20.0 Å². The Labute approximate surface area is 130 Å². The van der Waals surface area contributed by atoms with Crippen LogP contribution in [0.3, 0.4) is 0 Å². The van der Waals surface area contributed by atoms with Crippen molar-refractivity contribution in [2.24, 2.45) is 0 Å². The van der Waals surface area contributed by atoms with E-state index in [4.69, 9.17) is 0 Å². The molecule has 0 radical (unpaired) electrons. The second-order valence-electron chi connectivity index (χ2n) is 4.25. The average Bonchev–Trinajstić information content (AvgIpc) is 2.49. The molecule has 0 aromatic heterocycles. The van der Waals surface area contributed by atoms with Gasteiger partial charge in [-0.15, -0.1) is 0 Å². The third kappa shape index (κ3) is 9.69. The maximum absolute atomic E-state index is 12.8. The van der Waals surface area contributed by atoms with Crippen molar-refractivity contribution in [3.63, 3.8) is 0 Å². The van der Waals surface area contributed by atoms with Gasteiger partial charge < -0.3 is 9.47 Å². The van der Waals surface area contributed by atoms with Crippen molar-refractivity contribution in [1.82, 2.24) is 0 Å². The number of methoxy groups -OCH3 is 2. The van der Waals surface area contributed by atoms with Gasteiger partial charge in [0.25, 0.3) is 0 Å². The Morgan fingerprint density at radius 2 is 1.27 bits per heavy atom. The molecule has 1 atom stereocenters. The molecule has 2 nitrogen and oxygen atoms in total. The molecule has 0 aliphatic heterocycles. The highest BCUT2D eigenvalue weighted by molar-refractivity contribution is 5.29. The van der Waals surface area contributed by atoms with E-state index in [1.54, 1.807) is 12.2 Å². The monoisotopic (exact) mass is 316 g/mol. The second kappa shape index (κ2) is 11.5. The minimum absolute atomic E-state index is 0.397. The number of allylic oxidation sites excluding steroid dienone is 6. The van der Waals surface area contributed by atoms with Crippen molar-refractivity contribution in [3.05, 3.63) is 72.8 Å². The Kier molecular flexibility index (Phi) is 11.5. The van der Waals surface area contributed by atoms with Crippen LogP contribution in [0.5, 0.6) is 0 Å². The van der Waals surface area contributed by atoms with E-state index >= 15 is 0 Å². The highest BCUT2D eigenvalue weighted by atomic mass is 19.2. The summed E-state index contributed by atoms with van der Waals surface area (Å²) in [5, 5.41) is 0. The summed E-state index contributed by atoms with van der Waals surface area (Å²) in [5.74, 6) is -3.20. The van der Waals surface area contributed by atoms with Crippen molar-refractivity contribution >= 4 is 0 Å². The van der Waals surface area contributed by atoms with Gasteiger partial charge in [0.1, 0.15) is 6.17 Å². The minimum Gasteiger partial charge on any atom is -0.494 e. The predicted molar refractivity (Wildman–Crippen MR) is 85.2 cm³/mol. The molecule has 0 saturated heterocycles. The summed E-state index contributed by atoms with van der Waals surface area (Å²) in [6, 6.07) is 0. The van der Waals surface area contributed by atoms with Crippen LogP contribution in [0, 0.1) is 0 Å². The van der Waals surface area contributed by atoms with E-state index in [0.717, 1.165) is 5.57 Å². The lowest BCUT2D eigenvalue weighted by molar-refractivity contribution is 0.261. The normalized spacial score (nSPS) is 12.5. The number of hydrogen-bond donors (Lipinski definition) is 0. The predicted octanol–water partition coefficient (Wildman–Crippen LogP) is 5.49. The van der Waals surface area contributed by atoms with Crippen molar-refractivity contribution < 1.29 is 22.6 Å². The molecule has 0 aromatic rings. The van der Waals surface area contributed by atoms with Crippen LogP contribution in [0.2, 0.25) is 0 Å². The molecule has 0 bridgehead atoms. The average molecular weight is 316 g/mol. The molecular formula is C17H23F3O2. The van der Waals surface area contributed by atoms with Gasteiger partial charge in [0, 0.05) is 0 Å². The molecule has 0 aliphatic rings. The smallest absolute Gasteiger partial charge is 0.203 e. The standard InChI is InChI=1S/C9H13F.C8H10F2O2/c1-7(2)5-6-8(3)9(4)10;1-5(11-3)7(9)8(10)6(2)12-4/h5-6,9H,1,3H2,2,4H3;1-2H2,3-4H3/b6-5-;8-7-. The number of hydrogen-bond acceptors (Lipinski definition) is 2. The molecule has 1 unspecified atom stereocenters. The van der Waals surface area contributed by atoms with Gasteiger partial charge in [-0.25, -0.2) is 4.39 Å². The number of alkyl halides is 1. The summed E-state index contributed by atoms with van der Waals surface area (Å²) >= 11 is 0. The lowest BCUT2D eigenvalue weighted by atomic mass is 10.2. The second-order valence-corrected chi connectivity index (χ2v) is 4.25. The van der Waals surface area contributed by atoms with Gasteiger partial charge in [0.15, 0.2) is 11.5 Å². The van der Waals surface area contributed by atoms with Gasteiger partial charge in [-0.1, -0.05) is 44.0 Å². The fraction of sp³-hybridized carbons (Fsp3) is 0.294. The number of rotatable bonds is 7. The SMILES string of the molecule is C=C(C)/C=C\C(=C)C(C)F.C=C(OC)/C(F)=C(/F)C(=C)OC. The number of halogens is 3.